The summed E-state index contributed by atoms with van der Waals surface area (Å²) >= 11 is 0. The molecule has 1 aliphatic rings. The number of fused-ring (bicyclic) bond motifs is 1. The number of aromatic amines is 1. The average molecular weight is 229 g/mol. The fourth-order valence-corrected chi connectivity index (χ4v) is 3.13. The quantitative estimate of drug-likeness (QED) is 0.759. The van der Waals surface area contributed by atoms with Gasteiger partial charge in [-0.2, -0.15) is 15.4 Å². The van der Waals surface area contributed by atoms with Crippen molar-refractivity contribution < 1.29 is 0 Å². The van der Waals surface area contributed by atoms with Crippen molar-refractivity contribution in [1.82, 2.24) is 15.4 Å². The number of rotatable bonds is 1. The zero-order valence-corrected chi connectivity index (χ0v) is 10.4. The van der Waals surface area contributed by atoms with Gasteiger partial charge >= 0.3 is 0 Å². The van der Waals surface area contributed by atoms with E-state index in [0.717, 1.165) is 11.0 Å². The maximum absolute atomic E-state index is 4.33. The van der Waals surface area contributed by atoms with Gasteiger partial charge in [-0.05, 0) is 29.9 Å². The third kappa shape index (κ3) is 1.84. The van der Waals surface area contributed by atoms with Crippen LogP contribution in [0.2, 0.25) is 0 Å². The number of hydrogen-bond acceptors (Lipinski definition) is 2. The second-order valence-electron chi connectivity index (χ2n) is 5.47. The molecule has 1 aromatic heterocycles. The van der Waals surface area contributed by atoms with Crippen LogP contribution in [0.3, 0.4) is 0 Å². The number of nitrogens with one attached hydrogen (secondary N) is 1. The average Bonchev–Trinajstić information content (AvgIpc) is 2.71. The summed E-state index contributed by atoms with van der Waals surface area (Å²) in [5.74, 6) is 0. The van der Waals surface area contributed by atoms with E-state index in [2.05, 4.69) is 34.5 Å². The summed E-state index contributed by atoms with van der Waals surface area (Å²) in [6, 6.07) is 6.37. The van der Waals surface area contributed by atoms with Crippen LogP contribution in [0.5, 0.6) is 0 Å². The fourth-order valence-electron chi connectivity index (χ4n) is 3.13. The van der Waals surface area contributed by atoms with Crippen molar-refractivity contribution in [3.8, 4) is 0 Å². The van der Waals surface area contributed by atoms with Gasteiger partial charge in [0.25, 0.3) is 0 Å². The molecule has 0 unspecified atom stereocenters. The number of aromatic nitrogens is 3. The monoisotopic (exact) mass is 229 g/mol. The number of benzene rings is 1. The van der Waals surface area contributed by atoms with Crippen molar-refractivity contribution >= 4 is 11.0 Å². The van der Waals surface area contributed by atoms with Gasteiger partial charge in [0.05, 0.1) is 0 Å². The van der Waals surface area contributed by atoms with Crippen LogP contribution in [0, 0.1) is 0 Å². The number of nitrogens with zero attached hydrogens (tertiary/aromatic N) is 2. The number of para-hydroxylation sites is 1. The Kier molecular flexibility index (Phi) is 2.61. The Morgan fingerprint density at radius 1 is 1.06 bits per heavy atom. The molecular formula is C14H19N3. The minimum Gasteiger partial charge on any atom is -0.197 e. The molecule has 3 nitrogen and oxygen atoms in total. The molecule has 2 aromatic rings. The summed E-state index contributed by atoms with van der Waals surface area (Å²) in [6.45, 7) is 2.39. The van der Waals surface area contributed by atoms with E-state index < -0.39 is 0 Å². The summed E-state index contributed by atoms with van der Waals surface area (Å²) in [7, 11) is 0. The Hall–Kier alpha value is -1.38. The van der Waals surface area contributed by atoms with E-state index in [0.29, 0.717) is 0 Å². The van der Waals surface area contributed by atoms with Crippen LogP contribution in [-0.4, -0.2) is 15.4 Å². The van der Waals surface area contributed by atoms with Gasteiger partial charge in [0.15, 0.2) is 0 Å². The highest BCUT2D eigenvalue weighted by Gasteiger charge is 2.29. The van der Waals surface area contributed by atoms with E-state index in [1.54, 1.807) is 0 Å². The van der Waals surface area contributed by atoms with Crippen molar-refractivity contribution in [2.45, 2.75) is 50.9 Å². The molecule has 3 heteroatoms. The molecular weight excluding hydrogens is 210 g/mol. The fraction of sp³-hybridized carbons (Fsp3) is 0.571. The topological polar surface area (TPSA) is 41.6 Å². The van der Waals surface area contributed by atoms with Gasteiger partial charge in [-0.15, -0.1) is 0 Å². The molecule has 0 spiro atoms. The molecule has 1 fully saturated rings. The third-order valence-corrected chi connectivity index (χ3v) is 4.20. The lowest BCUT2D eigenvalue weighted by Crippen LogP contribution is -2.21. The molecule has 1 N–H and O–H groups in total. The van der Waals surface area contributed by atoms with Crippen LogP contribution < -0.4 is 0 Å². The molecule has 90 valence electrons. The molecule has 0 atom stereocenters. The van der Waals surface area contributed by atoms with Crippen molar-refractivity contribution in [2.75, 3.05) is 0 Å². The predicted octanol–water partition coefficient (Wildman–Crippen LogP) is 3.57. The third-order valence-electron chi connectivity index (χ3n) is 4.20. The molecule has 0 bridgehead atoms. The zero-order valence-electron chi connectivity index (χ0n) is 10.4. The highest BCUT2D eigenvalue weighted by molar-refractivity contribution is 5.78. The molecule has 1 heterocycles. The second-order valence-corrected chi connectivity index (χ2v) is 5.47. The second kappa shape index (κ2) is 4.13. The molecule has 0 amide bonds. The Morgan fingerprint density at radius 2 is 1.82 bits per heavy atom. The van der Waals surface area contributed by atoms with Crippen molar-refractivity contribution in [1.29, 1.82) is 0 Å². The molecule has 1 aliphatic carbocycles. The summed E-state index contributed by atoms with van der Waals surface area (Å²) in [5, 5.41) is 11.3. The van der Waals surface area contributed by atoms with E-state index in [4.69, 9.17) is 0 Å². The summed E-state index contributed by atoms with van der Waals surface area (Å²) in [5.41, 5.74) is 3.72. The van der Waals surface area contributed by atoms with Gasteiger partial charge < -0.3 is 0 Å². The minimum atomic E-state index is 0.285. The Labute approximate surface area is 102 Å². The molecule has 0 radical (unpaired) electrons. The summed E-state index contributed by atoms with van der Waals surface area (Å²) in [4.78, 5) is 0. The standard InChI is InChI=1S/C14H19N3/c1-14(9-4-2-3-5-10-14)11-7-6-8-12-13(11)16-17-15-12/h6-8H,2-5,9-10H2,1H3,(H,15,16,17). The van der Waals surface area contributed by atoms with E-state index in [1.807, 2.05) is 6.07 Å². The molecule has 1 aromatic carbocycles. The van der Waals surface area contributed by atoms with E-state index >= 15 is 0 Å². The first-order valence-corrected chi connectivity index (χ1v) is 6.60. The maximum atomic E-state index is 4.33. The maximum Gasteiger partial charge on any atom is 0.116 e. The first-order chi connectivity index (χ1) is 8.30. The van der Waals surface area contributed by atoms with Gasteiger partial charge in [-0.3, -0.25) is 0 Å². The van der Waals surface area contributed by atoms with Crippen LogP contribution in [0.25, 0.3) is 11.0 Å². The highest BCUT2D eigenvalue weighted by atomic mass is 15.3. The lowest BCUT2D eigenvalue weighted by atomic mass is 9.76. The normalized spacial score (nSPS) is 20.3. The van der Waals surface area contributed by atoms with Gasteiger partial charge in [0, 0.05) is 0 Å². The molecule has 3 rings (SSSR count). The van der Waals surface area contributed by atoms with E-state index in [1.165, 1.54) is 44.1 Å². The Morgan fingerprint density at radius 3 is 2.59 bits per heavy atom. The van der Waals surface area contributed by atoms with Gasteiger partial charge in [-0.1, -0.05) is 44.7 Å². The van der Waals surface area contributed by atoms with Gasteiger partial charge in [0.2, 0.25) is 0 Å². The summed E-state index contributed by atoms with van der Waals surface area (Å²) in [6.07, 6.45) is 7.99. The van der Waals surface area contributed by atoms with Crippen LogP contribution in [0.4, 0.5) is 0 Å². The lowest BCUT2D eigenvalue weighted by molar-refractivity contribution is 0.412. The predicted molar refractivity (Wildman–Crippen MR) is 68.9 cm³/mol. The van der Waals surface area contributed by atoms with E-state index in [-0.39, 0.29) is 5.41 Å². The van der Waals surface area contributed by atoms with Crippen LogP contribution in [0.15, 0.2) is 18.2 Å². The van der Waals surface area contributed by atoms with E-state index in [9.17, 15) is 0 Å². The molecule has 17 heavy (non-hydrogen) atoms. The highest BCUT2D eigenvalue weighted by Crippen LogP contribution is 2.39. The van der Waals surface area contributed by atoms with Gasteiger partial charge in [-0.25, -0.2) is 0 Å². The number of H-pyrrole nitrogens is 1. The van der Waals surface area contributed by atoms with Gasteiger partial charge in [0.1, 0.15) is 11.0 Å². The largest absolute Gasteiger partial charge is 0.197 e. The Balaban J connectivity index is 2.09. The van der Waals surface area contributed by atoms with Crippen molar-refractivity contribution in [2.24, 2.45) is 0 Å². The van der Waals surface area contributed by atoms with Crippen molar-refractivity contribution in [3.63, 3.8) is 0 Å². The SMILES string of the molecule is CC1(c2cccc3n[nH]nc23)CCCCCC1. The minimum absolute atomic E-state index is 0.285. The molecule has 0 saturated heterocycles. The van der Waals surface area contributed by atoms with Crippen molar-refractivity contribution in [3.05, 3.63) is 23.8 Å². The zero-order chi connectivity index (χ0) is 11.7. The Bertz CT molecular complexity index is 507. The van der Waals surface area contributed by atoms with Crippen LogP contribution >= 0.6 is 0 Å². The summed E-state index contributed by atoms with van der Waals surface area (Å²) < 4.78 is 0. The van der Waals surface area contributed by atoms with Crippen LogP contribution in [0.1, 0.15) is 51.0 Å². The van der Waals surface area contributed by atoms with Crippen LogP contribution in [-0.2, 0) is 5.41 Å². The lowest BCUT2D eigenvalue weighted by Gasteiger charge is -2.28. The first-order valence-electron chi connectivity index (χ1n) is 6.60. The first kappa shape index (κ1) is 10.8. The molecule has 1 saturated carbocycles. The smallest absolute Gasteiger partial charge is 0.116 e. The molecule has 0 aliphatic heterocycles. The number of hydrogen-bond donors (Lipinski definition) is 1.